The Hall–Kier alpha value is -2.17. The zero-order chi connectivity index (χ0) is 17.4. The molecule has 3 aliphatic heterocycles. The third kappa shape index (κ3) is 2.86. The van der Waals surface area contributed by atoms with Gasteiger partial charge in [-0.05, 0) is 24.1 Å². The highest BCUT2D eigenvalue weighted by atomic mass is 16.4. The van der Waals surface area contributed by atoms with E-state index in [1.165, 1.54) is 0 Å². The first-order valence-electron chi connectivity index (χ1n) is 8.91. The first kappa shape index (κ1) is 16.3. The van der Waals surface area contributed by atoms with Gasteiger partial charge in [-0.25, -0.2) is 0 Å². The molecule has 3 fully saturated rings. The monoisotopic (exact) mass is 337 g/mol. The van der Waals surface area contributed by atoms with E-state index in [1.54, 1.807) is 0 Å². The lowest BCUT2D eigenvalue weighted by Gasteiger charge is -2.54. The molecule has 4 heteroatoms. The maximum atomic E-state index is 11.6. The van der Waals surface area contributed by atoms with Crippen LogP contribution in [0.4, 0.5) is 0 Å². The molecule has 5 atom stereocenters. The molecule has 0 aliphatic carbocycles. The van der Waals surface area contributed by atoms with Crippen molar-refractivity contribution in [1.29, 1.82) is 0 Å². The first-order valence-corrected chi connectivity index (χ1v) is 8.91. The van der Waals surface area contributed by atoms with Gasteiger partial charge >= 0.3 is 5.97 Å². The summed E-state index contributed by atoms with van der Waals surface area (Å²) in [5, 5.41) is 20.6. The van der Waals surface area contributed by atoms with Crippen molar-refractivity contribution in [3.05, 3.63) is 71.8 Å². The Bertz CT molecular complexity index is 692. The molecule has 0 saturated carbocycles. The fourth-order valence-electron chi connectivity index (χ4n) is 4.72. The van der Waals surface area contributed by atoms with E-state index in [4.69, 9.17) is 0 Å². The average molecular weight is 337 g/mol. The standard InChI is InChI=1S/C21H23NO3/c23-20-16-11-12-22(13-17(16)21(24)25)19(20)18(14-7-3-1-4-8-14)15-9-5-2-6-10-15/h1-10,16-20,23H,11-13H2,(H,24,25)/t16-,17-,19+,20+/m1/s1. The van der Waals surface area contributed by atoms with Gasteiger partial charge in [0.25, 0.3) is 0 Å². The predicted octanol–water partition coefficient (Wildman–Crippen LogP) is 2.58. The van der Waals surface area contributed by atoms with Gasteiger partial charge in [0.2, 0.25) is 0 Å². The number of hydrogen-bond acceptors (Lipinski definition) is 3. The molecule has 3 saturated heterocycles. The maximum absolute atomic E-state index is 11.6. The summed E-state index contributed by atoms with van der Waals surface area (Å²) in [7, 11) is 0. The number of carbonyl (C=O) groups is 1. The summed E-state index contributed by atoms with van der Waals surface area (Å²) >= 11 is 0. The number of piperidine rings is 3. The lowest BCUT2D eigenvalue weighted by Crippen LogP contribution is -2.64. The van der Waals surface area contributed by atoms with Crippen LogP contribution in [0.15, 0.2) is 60.7 Å². The van der Waals surface area contributed by atoms with Crippen molar-refractivity contribution in [2.45, 2.75) is 24.5 Å². The summed E-state index contributed by atoms with van der Waals surface area (Å²) in [5.74, 6) is -1.38. The molecule has 3 heterocycles. The summed E-state index contributed by atoms with van der Waals surface area (Å²) in [5.41, 5.74) is 2.33. The van der Waals surface area contributed by atoms with Crippen molar-refractivity contribution in [3.63, 3.8) is 0 Å². The highest BCUT2D eigenvalue weighted by Crippen LogP contribution is 2.44. The third-order valence-corrected chi connectivity index (χ3v) is 5.88. The van der Waals surface area contributed by atoms with Crippen LogP contribution in [0.1, 0.15) is 23.5 Å². The molecule has 0 aromatic heterocycles. The molecule has 0 spiro atoms. The number of aliphatic hydroxyl groups excluding tert-OH is 1. The second-order valence-corrected chi connectivity index (χ2v) is 7.17. The van der Waals surface area contributed by atoms with E-state index >= 15 is 0 Å². The van der Waals surface area contributed by atoms with Gasteiger partial charge in [0.05, 0.1) is 12.0 Å². The van der Waals surface area contributed by atoms with Gasteiger partial charge in [0, 0.05) is 24.4 Å². The number of benzene rings is 2. The molecule has 5 rings (SSSR count). The third-order valence-electron chi connectivity index (χ3n) is 5.88. The SMILES string of the molecule is O=C(O)[C@@H]1CN2CC[C@H]1[C@H](O)[C@@H]2C(c1ccccc1)c1ccccc1. The van der Waals surface area contributed by atoms with Crippen LogP contribution < -0.4 is 0 Å². The van der Waals surface area contributed by atoms with Gasteiger partial charge in [0.15, 0.2) is 0 Å². The van der Waals surface area contributed by atoms with E-state index < -0.39 is 18.0 Å². The number of nitrogens with zero attached hydrogens (tertiary/aromatic N) is 1. The minimum absolute atomic E-state index is 0.0370. The minimum Gasteiger partial charge on any atom is -0.481 e. The average Bonchev–Trinajstić information content (AvgIpc) is 2.66. The largest absolute Gasteiger partial charge is 0.481 e. The highest BCUT2D eigenvalue weighted by molar-refractivity contribution is 5.71. The van der Waals surface area contributed by atoms with Crippen molar-refractivity contribution in [2.75, 3.05) is 13.1 Å². The fourth-order valence-corrected chi connectivity index (χ4v) is 4.72. The molecule has 0 radical (unpaired) electrons. The fraction of sp³-hybridized carbons (Fsp3) is 0.381. The van der Waals surface area contributed by atoms with Gasteiger partial charge in [-0.3, -0.25) is 9.69 Å². The Kier molecular flexibility index (Phi) is 4.32. The van der Waals surface area contributed by atoms with Gasteiger partial charge in [-0.15, -0.1) is 0 Å². The molecule has 2 aromatic rings. The van der Waals surface area contributed by atoms with Crippen LogP contribution in [0.3, 0.4) is 0 Å². The Balaban J connectivity index is 1.75. The summed E-state index contributed by atoms with van der Waals surface area (Å²) in [4.78, 5) is 13.8. The van der Waals surface area contributed by atoms with Crippen LogP contribution in [-0.2, 0) is 4.79 Å². The van der Waals surface area contributed by atoms with Crippen LogP contribution in [0.25, 0.3) is 0 Å². The van der Waals surface area contributed by atoms with Crippen LogP contribution in [0.2, 0.25) is 0 Å². The predicted molar refractivity (Wildman–Crippen MR) is 95.3 cm³/mol. The highest BCUT2D eigenvalue weighted by Gasteiger charge is 2.52. The second kappa shape index (κ2) is 6.62. The van der Waals surface area contributed by atoms with Crippen molar-refractivity contribution in [1.82, 2.24) is 4.90 Å². The van der Waals surface area contributed by atoms with E-state index in [1.807, 2.05) is 36.4 Å². The summed E-state index contributed by atoms with van der Waals surface area (Å²) in [6, 6.07) is 20.4. The molecular formula is C21H23NO3. The number of aliphatic hydroxyl groups is 1. The molecule has 2 N–H and O–H groups in total. The van der Waals surface area contributed by atoms with Gasteiger partial charge in [0.1, 0.15) is 0 Å². The van der Waals surface area contributed by atoms with Crippen molar-refractivity contribution in [3.8, 4) is 0 Å². The van der Waals surface area contributed by atoms with Crippen LogP contribution in [0.5, 0.6) is 0 Å². The normalized spacial score (nSPS) is 31.2. The smallest absolute Gasteiger partial charge is 0.308 e. The second-order valence-electron chi connectivity index (χ2n) is 7.17. The van der Waals surface area contributed by atoms with Crippen molar-refractivity contribution in [2.24, 2.45) is 11.8 Å². The van der Waals surface area contributed by atoms with E-state index in [0.29, 0.717) is 6.54 Å². The molecule has 1 unspecified atom stereocenters. The molecule has 25 heavy (non-hydrogen) atoms. The Morgan fingerprint density at radius 2 is 1.56 bits per heavy atom. The lowest BCUT2D eigenvalue weighted by molar-refractivity contribution is -0.162. The van der Waals surface area contributed by atoms with Gasteiger partial charge < -0.3 is 10.2 Å². The topological polar surface area (TPSA) is 60.8 Å². The lowest BCUT2D eigenvalue weighted by atomic mass is 9.68. The summed E-state index contributed by atoms with van der Waals surface area (Å²) < 4.78 is 0. The van der Waals surface area contributed by atoms with Gasteiger partial charge in [-0.1, -0.05) is 60.7 Å². The molecule has 4 nitrogen and oxygen atoms in total. The quantitative estimate of drug-likeness (QED) is 0.900. The number of carboxylic acid groups (broad SMARTS) is 1. The van der Waals surface area contributed by atoms with Crippen LogP contribution in [-0.4, -0.2) is 46.3 Å². The van der Waals surface area contributed by atoms with E-state index in [2.05, 4.69) is 29.2 Å². The Labute approximate surface area is 147 Å². The molecule has 3 aliphatic rings. The van der Waals surface area contributed by atoms with E-state index in [-0.39, 0.29) is 17.9 Å². The summed E-state index contributed by atoms with van der Waals surface area (Å²) in [6.07, 6.45) is 0.124. The Morgan fingerprint density at radius 1 is 1.00 bits per heavy atom. The maximum Gasteiger partial charge on any atom is 0.308 e. The molecule has 2 aromatic carbocycles. The summed E-state index contributed by atoms with van der Waals surface area (Å²) in [6.45, 7) is 1.38. The van der Waals surface area contributed by atoms with E-state index in [0.717, 1.165) is 24.1 Å². The van der Waals surface area contributed by atoms with Crippen molar-refractivity contribution < 1.29 is 15.0 Å². The molecule has 2 bridgehead atoms. The zero-order valence-electron chi connectivity index (χ0n) is 14.0. The molecule has 130 valence electrons. The zero-order valence-corrected chi connectivity index (χ0v) is 14.0. The Morgan fingerprint density at radius 3 is 2.04 bits per heavy atom. The van der Waals surface area contributed by atoms with Crippen LogP contribution >= 0.6 is 0 Å². The van der Waals surface area contributed by atoms with Crippen molar-refractivity contribution >= 4 is 5.97 Å². The number of aliphatic carboxylic acids is 1. The number of carboxylic acids is 1. The first-order chi connectivity index (χ1) is 12.2. The number of rotatable bonds is 4. The van der Waals surface area contributed by atoms with Crippen LogP contribution in [0, 0.1) is 11.8 Å². The molecular weight excluding hydrogens is 314 g/mol. The molecule has 0 amide bonds. The van der Waals surface area contributed by atoms with E-state index in [9.17, 15) is 15.0 Å². The number of fused-ring (bicyclic) bond motifs is 3. The minimum atomic E-state index is -0.789. The van der Waals surface area contributed by atoms with Gasteiger partial charge in [-0.2, -0.15) is 0 Å². The number of hydrogen-bond donors (Lipinski definition) is 2.